The zero-order valence-electron chi connectivity index (χ0n) is 19.8. The lowest BCUT2D eigenvalue weighted by Crippen LogP contribution is -2.31. The van der Waals surface area contributed by atoms with Gasteiger partial charge in [0.25, 0.3) is 11.5 Å². The summed E-state index contributed by atoms with van der Waals surface area (Å²) in [6.45, 7) is 6.42. The number of aromatic nitrogens is 2. The van der Waals surface area contributed by atoms with Gasteiger partial charge in [-0.3, -0.25) is 9.59 Å². The van der Waals surface area contributed by atoms with Crippen LogP contribution in [0.4, 0.5) is 10.1 Å². The van der Waals surface area contributed by atoms with Crippen molar-refractivity contribution in [3.05, 3.63) is 76.0 Å². The minimum Gasteiger partial charge on any atom is -0.487 e. The molecular weight excluding hydrogens is 451 g/mol. The Morgan fingerprint density at radius 3 is 2.77 bits per heavy atom. The smallest absolute Gasteiger partial charge is 0.263 e. The molecule has 4 aromatic rings. The van der Waals surface area contributed by atoms with Crippen LogP contribution < -0.4 is 21.3 Å². The van der Waals surface area contributed by atoms with E-state index in [1.807, 2.05) is 20.8 Å². The Morgan fingerprint density at radius 1 is 1.26 bits per heavy atom. The number of amides is 1. The van der Waals surface area contributed by atoms with Crippen LogP contribution in [0.1, 0.15) is 55.1 Å². The number of anilines is 1. The van der Waals surface area contributed by atoms with E-state index in [1.165, 1.54) is 18.4 Å². The number of nitrogen functional groups attached to an aromatic ring is 1. The molecule has 0 bridgehead atoms. The summed E-state index contributed by atoms with van der Waals surface area (Å²) in [6.07, 6.45) is 2.25. The van der Waals surface area contributed by atoms with Crippen molar-refractivity contribution in [3.63, 3.8) is 0 Å². The maximum atomic E-state index is 14.9. The number of fused-ring (bicyclic) bond motifs is 1. The molecule has 0 aliphatic heterocycles. The topological polar surface area (TPSA) is 123 Å². The zero-order chi connectivity index (χ0) is 25.1. The number of benzene rings is 2. The van der Waals surface area contributed by atoms with Crippen molar-refractivity contribution in [1.29, 1.82) is 0 Å². The lowest BCUT2D eigenvalue weighted by molar-refractivity contribution is 0.0953. The van der Waals surface area contributed by atoms with Gasteiger partial charge in [0.15, 0.2) is 5.89 Å². The molecule has 0 fully saturated rings. The van der Waals surface area contributed by atoms with Gasteiger partial charge in [-0.2, -0.15) is 0 Å². The number of nitrogens with zero attached hydrogens (tertiary/aromatic N) is 1. The van der Waals surface area contributed by atoms with Crippen LogP contribution in [-0.4, -0.2) is 22.4 Å². The monoisotopic (exact) mass is 478 g/mol. The average molecular weight is 479 g/mol. The largest absolute Gasteiger partial charge is 0.487 e. The summed E-state index contributed by atoms with van der Waals surface area (Å²) in [5.74, 6) is 0.132. The van der Waals surface area contributed by atoms with E-state index >= 15 is 0 Å². The molecule has 35 heavy (non-hydrogen) atoms. The van der Waals surface area contributed by atoms with Gasteiger partial charge >= 0.3 is 0 Å². The van der Waals surface area contributed by atoms with Gasteiger partial charge in [-0.25, -0.2) is 9.37 Å². The first kappa shape index (κ1) is 24.0. The van der Waals surface area contributed by atoms with Crippen LogP contribution in [0.5, 0.6) is 5.75 Å². The van der Waals surface area contributed by atoms with Gasteiger partial charge in [-0.05, 0) is 24.6 Å². The number of H-pyrrole nitrogens is 1. The number of carbonyl (C=O) groups is 1. The fourth-order valence-corrected chi connectivity index (χ4v) is 3.73. The van der Waals surface area contributed by atoms with Gasteiger partial charge < -0.3 is 25.2 Å². The number of oxazole rings is 1. The molecule has 2 heterocycles. The highest BCUT2D eigenvalue weighted by molar-refractivity contribution is 6.09. The average Bonchev–Trinajstić information content (AvgIpc) is 3.31. The van der Waals surface area contributed by atoms with Crippen LogP contribution in [0, 0.1) is 5.82 Å². The maximum absolute atomic E-state index is 14.9. The second-order valence-electron chi connectivity index (χ2n) is 8.49. The van der Waals surface area contributed by atoms with Crippen LogP contribution >= 0.6 is 0 Å². The van der Waals surface area contributed by atoms with Crippen molar-refractivity contribution in [1.82, 2.24) is 15.3 Å². The van der Waals surface area contributed by atoms with Gasteiger partial charge in [-0.15, -0.1) is 0 Å². The molecule has 0 saturated carbocycles. The van der Waals surface area contributed by atoms with E-state index in [0.29, 0.717) is 46.8 Å². The SMILES string of the molecule is CCCNC(=O)c1c(N)c2cccc(-c3cc(OCc4coc(C(C)C)n4)ccc3F)c2[nH]c1=O. The van der Waals surface area contributed by atoms with Gasteiger partial charge in [0, 0.05) is 29.0 Å². The number of pyridine rings is 1. The van der Waals surface area contributed by atoms with Crippen molar-refractivity contribution >= 4 is 22.5 Å². The lowest BCUT2D eigenvalue weighted by Gasteiger charge is -2.13. The number of nitrogens with two attached hydrogens (primary N) is 1. The Labute approximate surface area is 201 Å². The standard InChI is InChI=1S/C26H27FN4O4/c1-4-10-29-24(32)21-22(28)18-7-5-6-17(23(18)31-25(21)33)19-11-16(8-9-20(19)27)34-12-15-13-35-26(30-15)14(2)3/h5-9,11,13-14H,4,10,12H2,1-3H3,(H,29,32)(H3,28,31,33). The number of para-hydroxylation sites is 1. The first-order valence-corrected chi connectivity index (χ1v) is 11.4. The summed E-state index contributed by atoms with van der Waals surface area (Å²) in [5, 5.41) is 3.11. The Kier molecular flexibility index (Phi) is 6.86. The number of aromatic amines is 1. The summed E-state index contributed by atoms with van der Waals surface area (Å²) >= 11 is 0. The normalized spacial score (nSPS) is 11.2. The van der Waals surface area contributed by atoms with E-state index in [-0.39, 0.29) is 29.3 Å². The van der Waals surface area contributed by atoms with Crippen molar-refractivity contribution in [2.24, 2.45) is 0 Å². The van der Waals surface area contributed by atoms with Crippen LogP contribution in [0.15, 0.2) is 51.9 Å². The molecule has 0 aliphatic carbocycles. The Balaban J connectivity index is 1.70. The molecule has 0 radical (unpaired) electrons. The highest BCUT2D eigenvalue weighted by atomic mass is 19.1. The number of carbonyl (C=O) groups excluding carboxylic acids is 1. The lowest BCUT2D eigenvalue weighted by atomic mass is 9.99. The molecule has 2 aromatic carbocycles. The Morgan fingerprint density at radius 2 is 2.06 bits per heavy atom. The molecule has 4 rings (SSSR count). The second kappa shape index (κ2) is 10.0. The quantitative estimate of drug-likeness (QED) is 0.336. The summed E-state index contributed by atoms with van der Waals surface area (Å²) in [6, 6.07) is 9.39. The van der Waals surface area contributed by atoms with Gasteiger partial charge in [0.05, 0.1) is 11.2 Å². The van der Waals surface area contributed by atoms with Crippen molar-refractivity contribution in [2.45, 2.75) is 39.7 Å². The molecule has 9 heteroatoms. The molecule has 182 valence electrons. The molecule has 0 saturated heterocycles. The van der Waals surface area contributed by atoms with E-state index in [2.05, 4.69) is 15.3 Å². The minimum absolute atomic E-state index is 0.0407. The van der Waals surface area contributed by atoms with E-state index in [0.717, 1.165) is 0 Å². The van der Waals surface area contributed by atoms with Crippen LogP contribution in [0.2, 0.25) is 0 Å². The number of hydrogen-bond donors (Lipinski definition) is 3. The Hall–Kier alpha value is -4.14. The van der Waals surface area contributed by atoms with Crippen molar-refractivity contribution < 1.29 is 18.3 Å². The molecule has 2 aromatic heterocycles. The number of nitrogens with one attached hydrogen (secondary N) is 2. The third-order valence-electron chi connectivity index (χ3n) is 5.53. The highest BCUT2D eigenvalue weighted by Gasteiger charge is 2.20. The highest BCUT2D eigenvalue weighted by Crippen LogP contribution is 2.34. The third-order valence-corrected chi connectivity index (χ3v) is 5.53. The molecule has 8 nitrogen and oxygen atoms in total. The Bertz CT molecular complexity index is 1440. The summed E-state index contributed by atoms with van der Waals surface area (Å²) < 4.78 is 26.1. The van der Waals surface area contributed by atoms with Crippen molar-refractivity contribution in [2.75, 3.05) is 12.3 Å². The first-order chi connectivity index (χ1) is 16.8. The van der Waals surface area contributed by atoms with E-state index in [1.54, 1.807) is 24.3 Å². The molecule has 0 spiro atoms. The molecule has 4 N–H and O–H groups in total. The summed E-state index contributed by atoms with van der Waals surface area (Å²) in [7, 11) is 0. The molecule has 0 unspecified atom stereocenters. The van der Waals surface area contributed by atoms with Gasteiger partial charge in [-0.1, -0.05) is 39.0 Å². The van der Waals surface area contributed by atoms with E-state index in [4.69, 9.17) is 14.9 Å². The fraction of sp³-hybridized carbons (Fsp3) is 0.269. The maximum Gasteiger partial charge on any atom is 0.263 e. The number of ether oxygens (including phenoxy) is 1. The molecule has 1 amide bonds. The second-order valence-corrected chi connectivity index (χ2v) is 8.49. The number of rotatable bonds is 8. The fourth-order valence-electron chi connectivity index (χ4n) is 3.73. The summed E-state index contributed by atoms with van der Waals surface area (Å²) in [5.41, 5.74) is 7.05. The molecular formula is C26H27FN4O4. The van der Waals surface area contributed by atoms with Gasteiger partial charge in [0.1, 0.15) is 35.7 Å². The number of halogens is 1. The predicted molar refractivity (Wildman–Crippen MR) is 132 cm³/mol. The van der Waals surface area contributed by atoms with Crippen LogP contribution in [0.3, 0.4) is 0 Å². The third kappa shape index (κ3) is 4.89. The number of hydrogen-bond acceptors (Lipinski definition) is 6. The van der Waals surface area contributed by atoms with E-state index < -0.39 is 17.3 Å². The van der Waals surface area contributed by atoms with Crippen LogP contribution in [-0.2, 0) is 6.61 Å². The zero-order valence-corrected chi connectivity index (χ0v) is 19.8. The van der Waals surface area contributed by atoms with Crippen molar-refractivity contribution in [3.8, 4) is 16.9 Å². The molecule has 0 aliphatic rings. The predicted octanol–water partition coefficient (Wildman–Crippen LogP) is 4.75. The first-order valence-electron chi connectivity index (χ1n) is 11.4. The van der Waals surface area contributed by atoms with Gasteiger partial charge in [0.2, 0.25) is 0 Å². The van der Waals surface area contributed by atoms with Crippen LogP contribution in [0.25, 0.3) is 22.0 Å². The van der Waals surface area contributed by atoms with E-state index in [9.17, 15) is 14.0 Å². The summed E-state index contributed by atoms with van der Waals surface area (Å²) in [4.78, 5) is 32.3. The molecule has 0 atom stereocenters. The minimum atomic E-state index is -0.643.